The molecule has 2 N–H and O–H groups in total. The number of hydrogen-bond acceptors (Lipinski definition) is 7. The molecule has 1 aliphatic rings. The van der Waals surface area contributed by atoms with Crippen LogP contribution >= 0.6 is 0 Å². The molecule has 3 rings (SSSR count). The number of carbonyl (C=O) groups excluding carboxylic acids is 1. The lowest BCUT2D eigenvalue weighted by Gasteiger charge is -2.39. The second-order valence-corrected chi connectivity index (χ2v) is 9.86. The number of benzene rings is 1. The molecular weight excluding hydrogens is 432 g/mol. The van der Waals surface area contributed by atoms with Crippen molar-refractivity contribution in [1.82, 2.24) is 9.71 Å². The maximum absolute atomic E-state index is 12.8. The summed E-state index contributed by atoms with van der Waals surface area (Å²) in [5, 5.41) is 18.7. The maximum atomic E-state index is 12.8. The van der Waals surface area contributed by atoms with E-state index in [1.165, 1.54) is 6.07 Å². The van der Waals surface area contributed by atoms with Crippen LogP contribution in [0.1, 0.15) is 46.9 Å². The first-order valence-electron chi connectivity index (χ1n) is 10.0. The molecule has 168 valence electrons. The number of aryl methyl sites for hydroxylation is 1. The number of carboxylic acids is 1. The van der Waals surface area contributed by atoms with Gasteiger partial charge in [0.1, 0.15) is 11.9 Å². The van der Waals surface area contributed by atoms with E-state index in [1.54, 1.807) is 44.2 Å². The molecule has 1 aromatic heterocycles. The van der Waals surface area contributed by atoms with Gasteiger partial charge in [-0.15, -0.1) is 0 Å². The number of aromatic carboxylic acids is 1. The van der Waals surface area contributed by atoms with Gasteiger partial charge in [0.15, 0.2) is 0 Å². The van der Waals surface area contributed by atoms with Crippen LogP contribution in [0, 0.1) is 23.7 Å². The van der Waals surface area contributed by atoms with Crippen molar-refractivity contribution in [3.05, 3.63) is 58.8 Å². The Morgan fingerprint density at radius 2 is 1.88 bits per heavy atom. The van der Waals surface area contributed by atoms with Crippen molar-refractivity contribution >= 4 is 27.7 Å². The molecule has 0 aliphatic carbocycles. The van der Waals surface area contributed by atoms with Crippen molar-refractivity contribution in [3.8, 4) is 6.07 Å². The number of amides is 1. The highest BCUT2D eigenvalue weighted by atomic mass is 32.2. The smallest absolute Gasteiger partial charge is 0.337 e. The number of aromatic nitrogens is 1. The number of anilines is 1. The predicted octanol–water partition coefficient (Wildman–Crippen LogP) is 2.21. The summed E-state index contributed by atoms with van der Waals surface area (Å²) >= 11 is 0. The van der Waals surface area contributed by atoms with Crippen molar-refractivity contribution in [3.63, 3.8) is 0 Å². The van der Waals surface area contributed by atoms with Gasteiger partial charge in [0.25, 0.3) is 0 Å². The molecule has 32 heavy (non-hydrogen) atoms. The van der Waals surface area contributed by atoms with E-state index in [2.05, 4.69) is 9.71 Å². The van der Waals surface area contributed by atoms with Crippen LogP contribution in [0.25, 0.3) is 0 Å². The second-order valence-electron chi connectivity index (χ2n) is 8.13. The lowest BCUT2D eigenvalue weighted by Crippen LogP contribution is -2.49. The average molecular weight is 457 g/mol. The van der Waals surface area contributed by atoms with Gasteiger partial charge < -0.3 is 10.0 Å². The minimum Gasteiger partial charge on any atom is -0.478 e. The lowest BCUT2D eigenvalue weighted by atomic mass is 9.79. The van der Waals surface area contributed by atoms with Gasteiger partial charge in [-0.1, -0.05) is 37.3 Å². The number of carbonyl (C=O) groups is 2. The first-order chi connectivity index (χ1) is 15.0. The molecule has 0 radical (unpaired) electrons. The van der Waals surface area contributed by atoms with Crippen LogP contribution in [0.2, 0.25) is 0 Å². The van der Waals surface area contributed by atoms with E-state index in [0.29, 0.717) is 43.0 Å². The largest absolute Gasteiger partial charge is 0.478 e. The molecule has 0 unspecified atom stereocenters. The van der Waals surface area contributed by atoms with Crippen LogP contribution in [0.3, 0.4) is 0 Å². The van der Waals surface area contributed by atoms with E-state index < -0.39 is 27.3 Å². The summed E-state index contributed by atoms with van der Waals surface area (Å²) < 4.78 is 27.1. The number of nitrogens with one attached hydrogen (secondary N) is 1. The summed E-state index contributed by atoms with van der Waals surface area (Å²) in [6, 6.07) is 11.9. The summed E-state index contributed by atoms with van der Waals surface area (Å²) in [5.41, 5.74) is 0.0950. The highest BCUT2D eigenvalue weighted by Gasteiger charge is 2.39. The highest BCUT2D eigenvalue weighted by molar-refractivity contribution is 7.89. The standard InChI is InChI=1S/C22H24N4O5S/c1-15-18(20(27)28)12-17(13-23)19(24-15)26-10-8-22(2,9-11-26)21(29)25-32(30,31)14-16-6-4-3-5-7-16/h3-7,12H,8-11,14H2,1-2H3,(H,25,29)(H,27,28). The number of nitrogens with zero attached hydrogens (tertiary/aromatic N) is 3. The highest BCUT2D eigenvalue weighted by Crippen LogP contribution is 2.34. The predicted molar refractivity (Wildman–Crippen MR) is 117 cm³/mol. The molecule has 1 amide bonds. The van der Waals surface area contributed by atoms with Crippen molar-refractivity contribution in [2.45, 2.75) is 32.4 Å². The molecule has 0 atom stereocenters. The number of rotatable bonds is 6. The quantitative estimate of drug-likeness (QED) is 0.674. The zero-order valence-corrected chi connectivity index (χ0v) is 18.6. The topological polar surface area (TPSA) is 140 Å². The minimum atomic E-state index is -3.84. The van der Waals surface area contributed by atoms with Gasteiger partial charge in [-0.05, 0) is 31.4 Å². The molecule has 2 aromatic rings. The zero-order valence-electron chi connectivity index (χ0n) is 17.8. The average Bonchev–Trinajstić information content (AvgIpc) is 2.74. The number of pyridine rings is 1. The Hall–Kier alpha value is -3.45. The second kappa shape index (κ2) is 8.96. The molecule has 1 aromatic carbocycles. The number of piperidine rings is 1. The van der Waals surface area contributed by atoms with Crippen LogP contribution in [-0.2, 0) is 20.6 Å². The lowest BCUT2D eigenvalue weighted by molar-refractivity contribution is -0.129. The molecule has 2 heterocycles. The SMILES string of the molecule is Cc1nc(N2CCC(C)(C(=O)NS(=O)(=O)Cc3ccccc3)CC2)c(C#N)cc1C(=O)O. The first kappa shape index (κ1) is 23.2. The van der Waals surface area contributed by atoms with Gasteiger partial charge >= 0.3 is 5.97 Å². The van der Waals surface area contributed by atoms with Crippen LogP contribution < -0.4 is 9.62 Å². The van der Waals surface area contributed by atoms with E-state index in [0.717, 1.165) is 0 Å². The van der Waals surface area contributed by atoms with E-state index in [1.807, 2.05) is 11.0 Å². The Bertz CT molecular complexity index is 1180. The molecule has 9 nitrogen and oxygen atoms in total. The number of sulfonamides is 1. The van der Waals surface area contributed by atoms with Gasteiger partial charge in [0, 0.05) is 13.1 Å². The summed E-state index contributed by atoms with van der Waals surface area (Å²) in [6.07, 6.45) is 0.706. The number of hydrogen-bond donors (Lipinski definition) is 2. The molecule has 0 saturated carbocycles. The summed E-state index contributed by atoms with van der Waals surface area (Å²) in [5.74, 6) is -1.63. The van der Waals surface area contributed by atoms with Crippen LogP contribution in [0.4, 0.5) is 5.82 Å². The van der Waals surface area contributed by atoms with Crippen LogP contribution in [-0.4, -0.2) is 43.5 Å². The van der Waals surface area contributed by atoms with Crippen molar-refractivity contribution in [1.29, 1.82) is 5.26 Å². The molecule has 0 spiro atoms. The Kier molecular flexibility index (Phi) is 6.50. The zero-order chi connectivity index (χ0) is 23.5. The Balaban J connectivity index is 1.70. The first-order valence-corrected chi connectivity index (χ1v) is 11.7. The van der Waals surface area contributed by atoms with Crippen molar-refractivity contribution in [2.75, 3.05) is 18.0 Å². The Labute approximate surface area is 186 Å². The number of carboxylic acid groups (broad SMARTS) is 1. The molecule has 1 saturated heterocycles. The van der Waals surface area contributed by atoms with E-state index in [9.17, 15) is 28.4 Å². The summed E-state index contributed by atoms with van der Waals surface area (Å²) in [6.45, 7) is 4.02. The fourth-order valence-electron chi connectivity index (χ4n) is 3.67. The third-order valence-corrected chi connectivity index (χ3v) is 6.92. The van der Waals surface area contributed by atoms with Crippen LogP contribution in [0.5, 0.6) is 0 Å². The van der Waals surface area contributed by atoms with Crippen LogP contribution in [0.15, 0.2) is 36.4 Å². The number of nitriles is 1. The van der Waals surface area contributed by atoms with Gasteiger partial charge in [-0.25, -0.2) is 18.2 Å². The molecule has 1 fully saturated rings. The summed E-state index contributed by atoms with van der Waals surface area (Å²) in [7, 11) is -3.84. The fraction of sp³-hybridized carbons (Fsp3) is 0.364. The van der Waals surface area contributed by atoms with Gasteiger partial charge in [0.2, 0.25) is 15.9 Å². The van der Waals surface area contributed by atoms with Gasteiger partial charge in [0.05, 0.1) is 28.0 Å². The van der Waals surface area contributed by atoms with E-state index >= 15 is 0 Å². The molecule has 1 aliphatic heterocycles. The maximum Gasteiger partial charge on any atom is 0.337 e. The Morgan fingerprint density at radius 3 is 2.44 bits per heavy atom. The molecule has 10 heteroatoms. The summed E-state index contributed by atoms with van der Waals surface area (Å²) in [4.78, 5) is 30.3. The molecular formula is C22H24N4O5S. The van der Waals surface area contributed by atoms with Crippen molar-refractivity contribution < 1.29 is 23.1 Å². The van der Waals surface area contributed by atoms with E-state index in [-0.39, 0.29) is 16.9 Å². The van der Waals surface area contributed by atoms with Crippen molar-refractivity contribution in [2.24, 2.45) is 5.41 Å². The minimum absolute atomic E-state index is 0.0323. The third-order valence-electron chi connectivity index (χ3n) is 5.71. The third kappa shape index (κ3) is 5.06. The van der Waals surface area contributed by atoms with Gasteiger partial charge in [-0.3, -0.25) is 9.52 Å². The Morgan fingerprint density at radius 1 is 1.25 bits per heavy atom. The normalized spacial score (nSPS) is 15.6. The molecule has 0 bridgehead atoms. The van der Waals surface area contributed by atoms with E-state index in [4.69, 9.17) is 0 Å². The van der Waals surface area contributed by atoms with Gasteiger partial charge in [-0.2, -0.15) is 5.26 Å². The fourth-order valence-corrected chi connectivity index (χ4v) is 4.90. The monoisotopic (exact) mass is 456 g/mol.